The average molecular weight is 517 g/mol. The lowest BCUT2D eigenvalue weighted by Crippen LogP contribution is -2.61. The molecule has 4 rings (SSSR count). The smallest absolute Gasteiger partial charge is 0.411 e. The van der Waals surface area contributed by atoms with Crippen LogP contribution in [0.2, 0.25) is 0 Å². The second-order valence-corrected chi connectivity index (χ2v) is 9.42. The minimum atomic E-state index is -1.63. The molecule has 2 amide bonds. The lowest BCUT2D eigenvalue weighted by molar-refractivity contribution is -0.148. The number of benzene rings is 3. The maximum atomic E-state index is 13.9. The predicted molar refractivity (Wildman–Crippen MR) is 141 cm³/mol. The number of rotatable bonds is 8. The summed E-state index contributed by atoms with van der Waals surface area (Å²) in [5.74, 6) is -2.75. The molecule has 8 heteroatoms. The highest BCUT2D eigenvalue weighted by atomic mass is 16.6. The van der Waals surface area contributed by atoms with Crippen LogP contribution in [0.1, 0.15) is 29.5 Å². The predicted octanol–water partition coefficient (Wildman–Crippen LogP) is 3.65. The van der Waals surface area contributed by atoms with E-state index in [0.29, 0.717) is 5.56 Å². The first-order valence-corrected chi connectivity index (χ1v) is 12.5. The van der Waals surface area contributed by atoms with E-state index in [-0.39, 0.29) is 13.2 Å². The molecule has 0 spiro atoms. The summed E-state index contributed by atoms with van der Waals surface area (Å²) in [5, 5.41) is 13.5. The summed E-state index contributed by atoms with van der Waals surface area (Å²) in [6, 6.07) is 26.3. The molecule has 0 saturated carbocycles. The first-order valence-electron chi connectivity index (χ1n) is 12.5. The van der Waals surface area contributed by atoms with Crippen molar-refractivity contribution in [2.45, 2.75) is 37.6 Å². The maximum Gasteiger partial charge on any atom is 0.411 e. The number of amides is 2. The molecule has 3 aromatic carbocycles. The first-order chi connectivity index (χ1) is 18.4. The molecule has 198 valence electrons. The molecule has 1 aliphatic rings. The van der Waals surface area contributed by atoms with E-state index in [4.69, 9.17) is 9.47 Å². The van der Waals surface area contributed by atoms with E-state index in [0.717, 1.165) is 16.0 Å². The first kappa shape index (κ1) is 26.9. The van der Waals surface area contributed by atoms with Crippen LogP contribution in [0.5, 0.6) is 0 Å². The van der Waals surface area contributed by atoms with E-state index in [1.807, 2.05) is 78.9 Å². The van der Waals surface area contributed by atoms with Crippen molar-refractivity contribution in [2.24, 2.45) is 5.92 Å². The molecule has 1 heterocycles. The standard InChI is InChI=1S/C30H32N2O6/c1-30(28(35)31-18-21-12-6-3-7-13-21)24(19-33)25(23-16-10-5-11-17-23)26(27(34)37-2)32(30)29(36)38-20-22-14-8-4-9-15-22/h3-17,24-26,33H,18-20H2,1-2H3,(H,31,35)/t24-,25-,26-,30+/m0/s1. The molecule has 0 radical (unpaired) electrons. The van der Waals surface area contributed by atoms with Crippen molar-refractivity contribution >= 4 is 18.0 Å². The number of ether oxygens (including phenoxy) is 2. The van der Waals surface area contributed by atoms with Crippen LogP contribution < -0.4 is 5.32 Å². The summed E-state index contributed by atoms with van der Waals surface area (Å²) in [5.41, 5.74) is 0.687. The normalized spacial score (nSPS) is 22.5. The molecular formula is C30H32N2O6. The van der Waals surface area contributed by atoms with E-state index in [9.17, 15) is 19.5 Å². The number of carbonyl (C=O) groups excluding carboxylic acids is 3. The Morgan fingerprint density at radius 3 is 2.00 bits per heavy atom. The SMILES string of the molecule is COC(=O)[C@@H]1[C@@H](c2ccccc2)[C@H](CO)[C@](C)(C(=O)NCc2ccccc2)N1C(=O)OCc1ccccc1. The van der Waals surface area contributed by atoms with Crippen molar-refractivity contribution in [1.29, 1.82) is 0 Å². The van der Waals surface area contributed by atoms with Gasteiger partial charge in [0.05, 0.1) is 7.11 Å². The Morgan fingerprint density at radius 2 is 1.45 bits per heavy atom. The van der Waals surface area contributed by atoms with Crippen LogP contribution >= 0.6 is 0 Å². The van der Waals surface area contributed by atoms with E-state index in [1.165, 1.54) is 7.11 Å². The Balaban J connectivity index is 1.75. The third-order valence-corrected chi connectivity index (χ3v) is 7.26. The monoisotopic (exact) mass is 516 g/mol. The van der Waals surface area contributed by atoms with Gasteiger partial charge in [-0.15, -0.1) is 0 Å². The van der Waals surface area contributed by atoms with Crippen LogP contribution in [0.4, 0.5) is 4.79 Å². The van der Waals surface area contributed by atoms with Crippen LogP contribution in [0.15, 0.2) is 91.0 Å². The van der Waals surface area contributed by atoms with Crippen LogP contribution in [-0.2, 0) is 32.2 Å². The lowest BCUT2D eigenvalue weighted by Gasteiger charge is -2.37. The molecule has 1 fully saturated rings. The molecule has 3 aromatic rings. The Hall–Kier alpha value is -4.17. The molecule has 2 N–H and O–H groups in total. The van der Waals surface area contributed by atoms with Crippen molar-refractivity contribution < 1.29 is 29.0 Å². The molecule has 0 aliphatic carbocycles. The lowest BCUT2D eigenvalue weighted by atomic mass is 9.76. The van der Waals surface area contributed by atoms with Crippen LogP contribution in [0, 0.1) is 5.92 Å². The number of nitrogens with one attached hydrogen (secondary N) is 1. The zero-order valence-electron chi connectivity index (χ0n) is 21.4. The van der Waals surface area contributed by atoms with Crippen LogP contribution in [-0.4, -0.2) is 53.3 Å². The highest BCUT2D eigenvalue weighted by Crippen LogP contribution is 2.49. The number of likely N-dealkylation sites (tertiary alicyclic amines) is 1. The van der Waals surface area contributed by atoms with E-state index in [2.05, 4.69) is 5.32 Å². The summed E-state index contributed by atoms with van der Waals surface area (Å²) in [6.07, 6.45) is -0.849. The fraction of sp³-hybridized carbons (Fsp3) is 0.300. The topological polar surface area (TPSA) is 105 Å². The fourth-order valence-corrected chi connectivity index (χ4v) is 5.28. The summed E-state index contributed by atoms with van der Waals surface area (Å²) < 4.78 is 10.8. The quantitative estimate of drug-likeness (QED) is 0.443. The van der Waals surface area contributed by atoms with Crippen LogP contribution in [0.3, 0.4) is 0 Å². The second-order valence-electron chi connectivity index (χ2n) is 9.42. The molecule has 0 bridgehead atoms. The van der Waals surface area contributed by atoms with Gasteiger partial charge in [-0.05, 0) is 23.6 Å². The third-order valence-electron chi connectivity index (χ3n) is 7.26. The van der Waals surface area contributed by atoms with Crippen molar-refractivity contribution in [3.8, 4) is 0 Å². The van der Waals surface area contributed by atoms with Crippen LogP contribution in [0.25, 0.3) is 0 Å². The molecular weight excluding hydrogens is 484 g/mol. The summed E-state index contributed by atoms with van der Waals surface area (Å²) in [6.45, 7) is 1.27. The number of aliphatic hydroxyl groups excluding tert-OH is 1. The van der Waals surface area contributed by atoms with Crippen molar-refractivity contribution in [3.63, 3.8) is 0 Å². The van der Waals surface area contributed by atoms with E-state index >= 15 is 0 Å². The average Bonchev–Trinajstić information content (AvgIpc) is 3.25. The van der Waals surface area contributed by atoms with Gasteiger partial charge < -0.3 is 19.9 Å². The summed E-state index contributed by atoms with van der Waals surface area (Å²) in [7, 11) is 1.23. The van der Waals surface area contributed by atoms with Gasteiger partial charge in [-0.25, -0.2) is 9.59 Å². The molecule has 0 aromatic heterocycles. The van der Waals surface area contributed by atoms with E-state index in [1.54, 1.807) is 19.1 Å². The van der Waals surface area contributed by atoms with Gasteiger partial charge in [-0.3, -0.25) is 9.69 Å². The Kier molecular flexibility index (Phi) is 8.43. The number of aliphatic hydroxyl groups is 1. The summed E-state index contributed by atoms with van der Waals surface area (Å²) >= 11 is 0. The maximum absolute atomic E-state index is 13.9. The molecule has 1 aliphatic heterocycles. The fourth-order valence-electron chi connectivity index (χ4n) is 5.28. The van der Waals surface area contributed by atoms with E-state index < -0.39 is 48.0 Å². The number of esters is 1. The van der Waals surface area contributed by atoms with Gasteiger partial charge in [0.1, 0.15) is 18.2 Å². The number of hydrogen-bond acceptors (Lipinski definition) is 6. The molecule has 38 heavy (non-hydrogen) atoms. The van der Waals surface area contributed by atoms with Gasteiger partial charge in [0.15, 0.2) is 0 Å². The van der Waals surface area contributed by atoms with Gasteiger partial charge in [-0.2, -0.15) is 0 Å². The van der Waals surface area contributed by atoms with Gasteiger partial charge in [-0.1, -0.05) is 91.0 Å². The zero-order chi connectivity index (χ0) is 27.1. The zero-order valence-corrected chi connectivity index (χ0v) is 21.4. The van der Waals surface area contributed by atoms with Gasteiger partial charge in [0.2, 0.25) is 5.91 Å². The molecule has 1 saturated heterocycles. The number of nitrogens with zero attached hydrogens (tertiary/aromatic N) is 1. The highest BCUT2D eigenvalue weighted by molar-refractivity contribution is 5.95. The Morgan fingerprint density at radius 1 is 0.895 bits per heavy atom. The highest BCUT2D eigenvalue weighted by Gasteiger charge is 2.65. The third kappa shape index (κ3) is 5.26. The molecule has 4 atom stereocenters. The molecule has 0 unspecified atom stereocenters. The van der Waals surface area contributed by atoms with Crippen molar-refractivity contribution in [2.75, 3.05) is 13.7 Å². The van der Waals surface area contributed by atoms with Gasteiger partial charge in [0, 0.05) is 25.0 Å². The largest absolute Gasteiger partial charge is 0.467 e. The van der Waals surface area contributed by atoms with Crippen molar-refractivity contribution in [3.05, 3.63) is 108 Å². The Bertz CT molecular complexity index is 1240. The number of hydrogen-bond donors (Lipinski definition) is 2. The van der Waals surface area contributed by atoms with Gasteiger partial charge >= 0.3 is 12.1 Å². The summed E-state index contributed by atoms with van der Waals surface area (Å²) in [4.78, 5) is 42.0. The van der Waals surface area contributed by atoms with Gasteiger partial charge in [0.25, 0.3) is 0 Å². The minimum Gasteiger partial charge on any atom is -0.467 e. The molecule has 8 nitrogen and oxygen atoms in total. The second kappa shape index (κ2) is 11.9. The minimum absolute atomic E-state index is 0.0500. The number of methoxy groups -OCH3 is 1. The number of carbonyl (C=O) groups is 3. The Labute approximate surface area is 222 Å². The van der Waals surface area contributed by atoms with Crippen molar-refractivity contribution in [1.82, 2.24) is 10.2 Å².